The predicted molar refractivity (Wildman–Crippen MR) is 75.9 cm³/mol. The third-order valence-electron chi connectivity index (χ3n) is 2.77. The highest BCUT2D eigenvalue weighted by Crippen LogP contribution is 2.22. The SMILES string of the molecule is CCc1cccc(Oc2cc(C(=N)N)cc(C)n2)c1. The first kappa shape index (κ1) is 13.1. The third kappa shape index (κ3) is 3.31. The molecular weight excluding hydrogens is 238 g/mol. The Bertz CT molecular complexity index is 608. The Balaban J connectivity index is 2.29. The van der Waals surface area contributed by atoms with Crippen LogP contribution < -0.4 is 10.5 Å². The smallest absolute Gasteiger partial charge is 0.220 e. The lowest BCUT2D eigenvalue weighted by Crippen LogP contribution is -2.11. The quantitative estimate of drug-likeness (QED) is 0.651. The van der Waals surface area contributed by atoms with Crippen molar-refractivity contribution < 1.29 is 4.74 Å². The number of nitrogens with one attached hydrogen (secondary N) is 1. The first-order chi connectivity index (χ1) is 9.08. The number of amidine groups is 1. The van der Waals surface area contributed by atoms with Crippen LogP contribution in [-0.4, -0.2) is 10.8 Å². The number of nitrogens with two attached hydrogens (primary N) is 1. The highest BCUT2D eigenvalue weighted by Gasteiger charge is 2.05. The van der Waals surface area contributed by atoms with E-state index in [-0.39, 0.29) is 5.84 Å². The van der Waals surface area contributed by atoms with E-state index in [9.17, 15) is 0 Å². The number of aromatic nitrogens is 1. The number of hydrogen-bond donors (Lipinski definition) is 2. The summed E-state index contributed by atoms with van der Waals surface area (Å²) in [5.41, 5.74) is 8.09. The van der Waals surface area contributed by atoms with E-state index in [1.807, 2.05) is 25.1 Å². The molecule has 0 bridgehead atoms. The van der Waals surface area contributed by atoms with E-state index >= 15 is 0 Å². The van der Waals surface area contributed by atoms with E-state index in [4.69, 9.17) is 15.9 Å². The number of nitrogens with zero attached hydrogens (tertiary/aromatic N) is 1. The van der Waals surface area contributed by atoms with Crippen molar-refractivity contribution in [3.8, 4) is 11.6 Å². The number of ether oxygens (including phenoxy) is 1. The summed E-state index contributed by atoms with van der Waals surface area (Å²) in [7, 11) is 0. The Morgan fingerprint density at radius 2 is 2.11 bits per heavy atom. The van der Waals surface area contributed by atoms with Crippen LogP contribution in [0.3, 0.4) is 0 Å². The zero-order valence-electron chi connectivity index (χ0n) is 11.1. The maximum Gasteiger partial charge on any atom is 0.220 e. The fourth-order valence-corrected chi connectivity index (χ4v) is 1.80. The molecule has 0 spiro atoms. The Kier molecular flexibility index (Phi) is 3.80. The van der Waals surface area contributed by atoms with Gasteiger partial charge in [-0.15, -0.1) is 0 Å². The highest BCUT2D eigenvalue weighted by molar-refractivity contribution is 5.95. The highest BCUT2D eigenvalue weighted by atomic mass is 16.5. The average Bonchev–Trinajstić information content (AvgIpc) is 2.38. The van der Waals surface area contributed by atoms with Crippen molar-refractivity contribution in [3.63, 3.8) is 0 Å². The van der Waals surface area contributed by atoms with E-state index < -0.39 is 0 Å². The molecule has 1 heterocycles. The van der Waals surface area contributed by atoms with E-state index in [0.717, 1.165) is 17.9 Å². The normalized spacial score (nSPS) is 10.2. The Morgan fingerprint density at radius 3 is 2.79 bits per heavy atom. The van der Waals surface area contributed by atoms with Crippen molar-refractivity contribution in [2.45, 2.75) is 20.3 Å². The summed E-state index contributed by atoms with van der Waals surface area (Å²) in [4.78, 5) is 4.29. The van der Waals surface area contributed by atoms with Crippen LogP contribution >= 0.6 is 0 Å². The van der Waals surface area contributed by atoms with Gasteiger partial charge in [0.25, 0.3) is 0 Å². The minimum Gasteiger partial charge on any atom is -0.439 e. The number of benzene rings is 1. The van der Waals surface area contributed by atoms with E-state index in [2.05, 4.69) is 18.0 Å². The van der Waals surface area contributed by atoms with Crippen LogP contribution in [0.2, 0.25) is 0 Å². The first-order valence-corrected chi connectivity index (χ1v) is 6.18. The molecule has 0 aliphatic rings. The van der Waals surface area contributed by atoms with E-state index in [0.29, 0.717) is 11.4 Å². The van der Waals surface area contributed by atoms with Gasteiger partial charge in [0.15, 0.2) is 0 Å². The molecular formula is C15H17N3O. The number of aryl methyl sites for hydroxylation is 2. The maximum absolute atomic E-state index is 7.47. The van der Waals surface area contributed by atoms with Crippen LogP contribution in [-0.2, 0) is 6.42 Å². The summed E-state index contributed by atoms with van der Waals surface area (Å²) in [6, 6.07) is 11.3. The van der Waals surface area contributed by atoms with Gasteiger partial charge in [0.1, 0.15) is 11.6 Å². The van der Waals surface area contributed by atoms with Gasteiger partial charge in [0, 0.05) is 17.3 Å². The Hall–Kier alpha value is -2.36. The summed E-state index contributed by atoms with van der Waals surface area (Å²) >= 11 is 0. The lowest BCUT2D eigenvalue weighted by molar-refractivity contribution is 0.461. The minimum absolute atomic E-state index is 0.0117. The van der Waals surface area contributed by atoms with Crippen molar-refractivity contribution in [1.82, 2.24) is 4.98 Å². The molecule has 98 valence electrons. The van der Waals surface area contributed by atoms with Crippen LogP contribution in [0.4, 0.5) is 0 Å². The van der Waals surface area contributed by atoms with Crippen molar-refractivity contribution in [2.24, 2.45) is 5.73 Å². The van der Waals surface area contributed by atoms with E-state index in [1.165, 1.54) is 5.56 Å². The molecule has 0 atom stereocenters. The van der Waals surface area contributed by atoms with Gasteiger partial charge in [-0.1, -0.05) is 19.1 Å². The topological polar surface area (TPSA) is 72.0 Å². The summed E-state index contributed by atoms with van der Waals surface area (Å²) in [5, 5.41) is 7.47. The maximum atomic E-state index is 7.47. The zero-order valence-corrected chi connectivity index (χ0v) is 11.1. The van der Waals surface area contributed by atoms with Gasteiger partial charge in [-0.2, -0.15) is 0 Å². The first-order valence-electron chi connectivity index (χ1n) is 6.18. The average molecular weight is 255 g/mol. The number of pyridine rings is 1. The minimum atomic E-state index is 0.0117. The molecule has 1 aromatic heterocycles. The van der Waals surface area contributed by atoms with Crippen LogP contribution in [0.1, 0.15) is 23.7 Å². The van der Waals surface area contributed by atoms with Gasteiger partial charge in [0.05, 0.1) is 0 Å². The third-order valence-corrected chi connectivity index (χ3v) is 2.77. The summed E-state index contributed by atoms with van der Waals surface area (Å²) in [6.45, 7) is 3.94. The standard InChI is InChI=1S/C15H17N3O/c1-3-11-5-4-6-13(8-11)19-14-9-12(15(16)17)7-10(2)18-14/h4-9H,3H2,1-2H3,(H3,16,17). The van der Waals surface area contributed by atoms with Crippen molar-refractivity contribution >= 4 is 5.84 Å². The van der Waals surface area contributed by atoms with Gasteiger partial charge in [-0.25, -0.2) is 4.98 Å². The number of nitrogen functional groups attached to an aromatic ring is 1. The molecule has 0 radical (unpaired) electrons. The van der Waals surface area contributed by atoms with Crippen molar-refractivity contribution in [2.75, 3.05) is 0 Å². The second-order valence-corrected chi connectivity index (χ2v) is 4.35. The fourth-order valence-electron chi connectivity index (χ4n) is 1.80. The van der Waals surface area contributed by atoms with Gasteiger partial charge < -0.3 is 10.5 Å². The molecule has 2 rings (SSSR count). The predicted octanol–water partition coefficient (Wildman–Crippen LogP) is 3.03. The van der Waals surface area contributed by atoms with Crippen molar-refractivity contribution in [1.29, 1.82) is 5.41 Å². The van der Waals surface area contributed by atoms with Crippen LogP contribution in [0.5, 0.6) is 11.6 Å². The monoisotopic (exact) mass is 255 g/mol. The molecule has 0 aliphatic heterocycles. The summed E-state index contributed by atoms with van der Waals surface area (Å²) in [5.74, 6) is 1.21. The molecule has 0 fully saturated rings. The molecule has 19 heavy (non-hydrogen) atoms. The molecule has 1 aromatic carbocycles. The molecule has 0 unspecified atom stereocenters. The van der Waals surface area contributed by atoms with Crippen LogP contribution in [0.25, 0.3) is 0 Å². The molecule has 0 amide bonds. The second-order valence-electron chi connectivity index (χ2n) is 4.35. The Labute approximate surface area is 112 Å². The van der Waals surface area contributed by atoms with Crippen LogP contribution in [0, 0.1) is 12.3 Å². The molecule has 4 nitrogen and oxygen atoms in total. The molecule has 3 N–H and O–H groups in total. The second kappa shape index (κ2) is 5.52. The molecule has 2 aromatic rings. The van der Waals surface area contributed by atoms with Gasteiger partial charge in [0.2, 0.25) is 5.88 Å². The lowest BCUT2D eigenvalue weighted by Gasteiger charge is -2.08. The molecule has 0 saturated carbocycles. The molecule has 0 aliphatic carbocycles. The van der Waals surface area contributed by atoms with Crippen molar-refractivity contribution in [3.05, 3.63) is 53.2 Å². The Morgan fingerprint density at radius 1 is 1.32 bits per heavy atom. The largest absolute Gasteiger partial charge is 0.439 e. The van der Waals surface area contributed by atoms with E-state index in [1.54, 1.807) is 12.1 Å². The van der Waals surface area contributed by atoms with Gasteiger partial charge in [-0.05, 0) is 37.1 Å². The number of rotatable bonds is 4. The fraction of sp³-hybridized carbons (Fsp3) is 0.200. The van der Waals surface area contributed by atoms with Gasteiger partial charge >= 0.3 is 0 Å². The summed E-state index contributed by atoms with van der Waals surface area (Å²) < 4.78 is 5.73. The molecule has 0 saturated heterocycles. The molecule has 4 heteroatoms. The van der Waals surface area contributed by atoms with Crippen LogP contribution in [0.15, 0.2) is 36.4 Å². The number of hydrogen-bond acceptors (Lipinski definition) is 3. The lowest BCUT2D eigenvalue weighted by atomic mass is 10.2. The summed E-state index contributed by atoms with van der Waals surface area (Å²) in [6.07, 6.45) is 0.955. The van der Waals surface area contributed by atoms with Gasteiger partial charge in [-0.3, -0.25) is 5.41 Å². The zero-order chi connectivity index (χ0) is 13.8.